The molecule has 0 saturated heterocycles. The molecule has 4 nitrogen and oxygen atoms in total. The lowest BCUT2D eigenvalue weighted by Crippen LogP contribution is -2.04. The smallest absolute Gasteiger partial charge is 0.374 e. The summed E-state index contributed by atoms with van der Waals surface area (Å²) in [6.07, 6.45) is 1.93. The minimum Gasteiger partial charge on any atom is -0.494 e. The maximum atomic E-state index is 11.9. The number of furan rings is 1. The molecule has 0 aliphatic heterocycles. The quantitative estimate of drug-likeness (QED) is 0.453. The molecule has 1 heterocycles. The van der Waals surface area contributed by atoms with E-state index in [4.69, 9.17) is 13.9 Å². The molecule has 0 radical (unpaired) electrons. The molecule has 2 aromatic carbocycles. The standard InChI is InChI=1S/C21H22O4/c1-3-23-21(22)20-15(2)18-14-17(11-12-19(18)25-20)24-13-7-10-16-8-5-4-6-9-16/h4-6,8-9,11-12,14H,3,7,10,13H2,1-2H3. The monoisotopic (exact) mass is 338 g/mol. The average Bonchev–Trinajstić information content (AvgIpc) is 2.96. The largest absolute Gasteiger partial charge is 0.494 e. The molecule has 0 aliphatic rings. The van der Waals surface area contributed by atoms with Crippen LogP contribution in [0, 0.1) is 6.92 Å². The van der Waals surface area contributed by atoms with Gasteiger partial charge in [-0.3, -0.25) is 0 Å². The van der Waals surface area contributed by atoms with E-state index in [1.807, 2.05) is 43.3 Å². The molecule has 3 rings (SSSR count). The van der Waals surface area contributed by atoms with Crippen molar-refractivity contribution in [2.45, 2.75) is 26.7 Å². The Kier molecular flexibility index (Phi) is 5.39. The molecule has 0 atom stereocenters. The topological polar surface area (TPSA) is 48.7 Å². The highest BCUT2D eigenvalue weighted by Crippen LogP contribution is 2.29. The van der Waals surface area contributed by atoms with Crippen molar-refractivity contribution in [3.63, 3.8) is 0 Å². The summed E-state index contributed by atoms with van der Waals surface area (Å²) in [5, 5.41) is 0.878. The molecule has 0 N–H and O–H groups in total. The summed E-state index contributed by atoms with van der Waals surface area (Å²) in [6.45, 7) is 4.60. The van der Waals surface area contributed by atoms with Gasteiger partial charge in [-0.25, -0.2) is 4.79 Å². The van der Waals surface area contributed by atoms with Crippen molar-refractivity contribution in [3.05, 3.63) is 65.4 Å². The molecule has 1 aromatic heterocycles. The molecule has 0 unspecified atom stereocenters. The van der Waals surface area contributed by atoms with E-state index in [1.165, 1.54) is 5.56 Å². The molecule has 25 heavy (non-hydrogen) atoms. The van der Waals surface area contributed by atoms with Crippen LogP contribution in [-0.4, -0.2) is 19.2 Å². The highest BCUT2D eigenvalue weighted by Gasteiger charge is 2.19. The fourth-order valence-corrected chi connectivity index (χ4v) is 2.79. The Hall–Kier alpha value is -2.75. The van der Waals surface area contributed by atoms with Crippen molar-refractivity contribution < 1.29 is 18.7 Å². The summed E-state index contributed by atoms with van der Waals surface area (Å²) in [7, 11) is 0. The fourth-order valence-electron chi connectivity index (χ4n) is 2.79. The second-order valence-corrected chi connectivity index (χ2v) is 5.87. The van der Waals surface area contributed by atoms with Gasteiger partial charge in [0.05, 0.1) is 13.2 Å². The normalized spacial score (nSPS) is 10.8. The molecule has 0 saturated carbocycles. The zero-order chi connectivity index (χ0) is 17.6. The number of fused-ring (bicyclic) bond motifs is 1. The predicted molar refractivity (Wildman–Crippen MR) is 97.2 cm³/mol. The minimum absolute atomic E-state index is 0.262. The number of aryl methyl sites for hydroxylation is 2. The number of ether oxygens (including phenoxy) is 2. The summed E-state index contributed by atoms with van der Waals surface area (Å²) in [4.78, 5) is 11.9. The number of carbonyl (C=O) groups excluding carboxylic acids is 1. The third-order valence-electron chi connectivity index (χ3n) is 4.09. The second-order valence-electron chi connectivity index (χ2n) is 5.87. The van der Waals surface area contributed by atoms with Gasteiger partial charge in [0.2, 0.25) is 5.76 Å². The molecule has 0 aliphatic carbocycles. The predicted octanol–water partition coefficient (Wildman–Crippen LogP) is 4.93. The Morgan fingerprint density at radius 3 is 2.68 bits per heavy atom. The van der Waals surface area contributed by atoms with Crippen LogP contribution in [0.15, 0.2) is 52.9 Å². The van der Waals surface area contributed by atoms with Crippen molar-refractivity contribution in [2.24, 2.45) is 0 Å². The molecule has 0 spiro atoms. The van der Waals surface area contributed by atoms with E-state index in [0.29, 0.717) is 18.8 Å². The van der Waals surface area contributed by atoms with Crippen LogP contribution in [-0.2, 0) is 11.2 Å². The Balaban J connectivity index is 1.64. The van der Waals surface area contributed by atoms with Crippen LogP contribution in [0.1, 0.15) is 35.0 Å². The van der Waals surface area contributed by atoms with E-state index in [2.05, 4.69) is 12.1 Å². The summed E-state index contributed by atoms with van der Waals surface area (Å²) in [5.41, 5.74) is 2.76. The van der Waals surface area contributed by atoms with Gasteiger partial charge in [-0.05, 0) is 50.5 Å². The summed E-state index contributed by atoms with van der Waals surface area (Å²) in [5.74, 6) is 0.611. The first-order valence-corrected chi connectivity index (χ1v) is 8.56. The van der Waals surface area contributed by atoms with Gasteiger partial charge in [-0.2, -0.15) is 0 Å². The van der Waals surface area contributed by atoms with E-state index in [-0.39, 0.29) is 5.76 Å². The highest BCUT2D eigenvalue weighted by molar-refractivity contribution is 5.96. The van der Waals surface area contributed by atoms with Crippen molar-refractivity contribution in [1.82, 2.24) is 0 Å². The molecule has 0 fully saturated rings. The Morgan fingerprint density at radius 1 is 1.12 bits per heavy atom. The van der Waals surface area contributed by atoms with Gasteiger partial charge in [0, 0.05) is 10.9 Å². The maximum absolute atomic E-state index is 11.9. The molecular formula is C21H22O4. The van der Waals surface area contributed by atoms with Crippen LogP contribution < -0.4 is 4.74 Å². The van der Waals surface area contributed by atoms with Gasteiger partial charge in [0.25, 0.3) is 0 Å². The minimum atomic E-state index is -0.429. The Labute approximate surface area is 147 Å². The van der Waals surface area contributed by atoms with E-state index in [1.54, 1.807) is 6.92 Å². The van der Waals surface area contributed by atoms with Crippen LogP contribution in [0.4, 0.5) is 0 Å². The summed E-state index contributed by atoms with van der Waals surface area (Å²) in [6, 6.07) is 16.0. The number of hydrogen-bond acceptors (Lipinski definition) is 4. The maximum Gasteiger partial charge on any atom is 0.374 e. The summed E-state index contributed by atoms with van der Waals surface area (Å²) < 4.78 is 16.5. The summed E-state index contributed by atoms with van der Waals surface area (Å²) >= 11 is 0. The molecule has 0 bridgehead atoms. The van der Waals surface area contributed by atoms with Crippen LogP contribution >= 0.6 is 0 Å². The van der Waals surface area contributed by atoms with E-state index >= 15 is 0 Å². The van der Waals surface area contributed by atoms with Crippen LogP contribution in [0.25, 0.3) is 11.0 Å². The van der Waals surface area contributed by atoms with E-state index < -0.39 is 5.97 Å². The second kappa shape index (κ2) is 7.88. The Bertz CT molecular complexity index is 849. The number of esters is 1. The van der Waals surface area contributed by atoms with Gasteiger partial charge >= 0.3 is 5.97 Å². The third-order valence-corrected chi connectivity index (χ3v) is 4.09. The fraction of sp³-hybridized carbons (Fsp3) is 0.286. The van der Waals surface area contributed by atoms with E-state index in [9.17, 15) is 4.79 Å². The molecular weight excluding hydrogens is 316 g/mol. The molecule has 3 aromatic rings. The molecule has 4 heteroatoms. The van der Waals surface area contributed by atoms with Crippen molar-refractivity contribution in [2.75, 3.05) is 13.2 Å². The van der Waals surface area contributed by atoms with Crippen LogP contribution in [0.2, 0.25) is 0 Å². The molecule has 0 amide bonds. The van der Waals surface area contributed by atoms with Crippen molar-refractivity contribution >= 4 is 16.9 Å². The van der Waals surface area contributed by atoms with Gasteiger partial charge < -0.3 is 13.9 Å². The number of rotatable bonds is 7. The first-order valence-electron chi connectivity index (χ1n) is 8.56. The van der Waals surface area contributed by atoms with Gasteiger partial charge in [-0.1, -0.05) is 30.3 Å². The van der Waals surface area contributed by atoms with Crippen LogP contribution in [0.3, 0.4) is 0 Å². The van der Waals surface area contributed by atoms with Gasteiger partial charge in [-0.15, -0.1) is 0 Å². The first kappa shape index (κ1) is 17.1. The number of benzene rings is 2. The van der Waals surface area contributed by atoms with Gasteiger partial charge in [0.1, 0.15) is 11.3 Å². The Morgan fingerprint density at radius 2 is 1.92 bits per heavy atom. The van der Waals surface area contributed by atoms with Crippen molar-refractivity contribution in [3.8, 4) is 5.75 Å². The average molecular weight is 338 g/mol. The number of hydrogen-bond donors (Lipinski definition) is 0. The van der Waals surface area contributed by atoms with Gasteiger partial charge in [0.15, 0.2) is 0 Å². The lowest BCUT2D eigenvalue weighted by Gasteiger charge is -2.06. The lowest BCUT2D eigenvalue weighted by molar-refractivity contribution is 0.0491. The SMILES string of the molecule is CCOC(=O)c1oc2ccc(OCCCc3ccccc3)cc2c1C. The molecule has 130 valence electrons. The lowest BCUT2D eigenvalue weighted by atomic mass is 10.1. The first-order chi connectivity index (χ1) is 12.2. The highest BCUT2D eigenvalue weighted by atomic mass is 16.5. The zero-order valence-electron chi connectivity index (χ0n) is 14.6. The van der Waals surface area contributed by atoms with Crippen molar-refractivity contribution in [1.29, 1.82) is 0 Å². The van der Waals surface area contributed by atoms with E-state index in [0.717, 1.165) is 29.5 Å². The zero-order valence-corrected chi connectivity index (χ0v) is 14.6. The van der Waals surface area contributed by atoms with Crippen LogP contribution in [0.5, 0.6) is 5.75 Å². The third kappa shape index (κ3) is 4.02. The number of carbonyl (C=O) groups is 1.